The summed E-state index contributed by atoms with van der Waals surface area (Å²) < 4.78 is 4.97. The highest BCUT2D eigenvalue weighted by Gasteiger charge is 2.19. The van der Waals surface area contributed by atoms with Crippen molar-refractivity contribution >= 4 is 17.8 Å². The number of amides is 1. The van der Waals surface area contributed by atoms with E-state index in [4.69, 9.17) is 14.9 Å². The summed E-state index contributed by atoms with van der Waals surface area (Å²) in [4.78, 5) is 32.9. The molecule has 0 aliphatic carbocycles. The lowest BCUT2D eigenvalue weighted by Crippen LogP contribution is -2.41. The quantitative estimate of drug-likeness (QED) is 0.609. The second kappa shape index (κ2) is 6.78. The van der Waals surface area contributed by atoms with E-state index in [1.165, 1.54) is 0 Å². The molecule has 2 N–H and O–H groups in total. The lowest BCUT2D eigenvalue weighted by atomic mass is 10.4. The summed E-state index contributed by atoms with van der Waals surface area (Å²) >= 11 is 0. The number of rotatable bonds is 7. The zero-order valence-corrected chi connectivity index (χ0v) is 9.17. The standard InChI is InChI=1S/C9H15NO6/c1-6(2)16-5-7(11)10(3-8(12)13)4-9(14)15/h6H,3-5H2,1-2H3,(H,12,13)(H,14,15). The number of carbonyl (C=O) groups is 3. The molecular formula is C9H15NO6. The Morgan fingerprint density at radius 3 is 1.88 bits per heavy atom. The molecule has 0 unspecified atom stereocenters. The summed E-state index contributed by atoms with van der Waals surface area (Å²) in [7, 11) is 0. The van der Waals surface area contributed by atoms with Gasteiger partial charge in [0.2, 0.25) is 5.91 Å². The Balaban J connectivity index is 4.31. The molecule has 0 atom stereocenters. The van der Waals surface area contributed by atoms with Crippen LogP contribution in [0.5, 0.6) is 0 Å². The highest BCUT2D eigenvalue weighted by molar-refractivity contribution is 5.85. The zero-order valence-electron chi connectivity index (χ0n) is 9.17. The number of hydrogen-bond donors (Lipinski definition) is 2. The maximum atomic E-state index is 11.4. The molecule has 0 bridgehead atoms. The Morgan fingerprint density at radius 2 is 1.56 bits per heavy atom. The Kier molecular flexibility index (Phi) is 6.09. The van der Waals surface area contributed by atoms with Gasteiger partial charge in [0.25, 0.3) is 0 Å². The molecule has 0 aromatic rings. The number of aliphatic carboxylic acids is 2. The van der Waals surface area contributed by atoms with E-state index in [2.05, 4.69) is 0 Å². The first-order valence-corrected chi connectivity index (χ1v) is 4.66. The van der Waals surface area contributed by atoms with Gasteiger partial charge in [0.15, 0.2) is 0 Å². The second-order valence-corrected chi connectivity index (χ2v) is 3.40. The molecule has 0 aliphatic heterocycles. The SMILES string of the molecule is CC(C)OCC(=O)N(CC(=O)O)CC(=O)O. The molecule has 0 aromatic carbocycles. The van der Waals surface area contributed by atoms with Crippen LogP contribution in [0.4, 0.5) is 0 Å². The van der Waals surface area contributed by atoms with Crippen molar-refractivity contribution in [3.8, 4) is 0 Å². The highest BCUT2D eigenvalue weighted by Crippen LogP contribution is 1.94. The third kappa shape index (κ3) is 6.77. The molecule has 0 saturated carbocycles. The van der Waals surface area contributed by atoms with Gasteiger partial charge in [-0.05, 0) is 13.8 Å². The van der Waals surface area contributed by atoms with Crippen LogP contribution in [0, 0.1) is 0 Å². The molecule has 0 aliphatic rings. The fraction of sp³-hybridized carbons (Fsp3) is 0.667. The highest BCUT2D eigenvalue weighted by atomic mass is 16.5. The van der Waals surface area contributed by atoms with Crippen LogP contribution in [0.1, 0.15) is 13.8 Å². The van der Waals surface area contributed by atoms with Crippen LogP contribution in [-0.2, 0) is 19.1 Å². The normalized spacial score (nSPS) is 10.2. The van der Waals surface area contributed by atoms with E-state index in [9.17, 15) is 14.4 Å². The summed E-state index contributed by atoms with van der Waals surface area (Å²) in [6, 6.07) is 0. The minimum absolute atomic E-state index is 0.180. The summed E-state index contributed by atoms with van der Waals surface area (Å²) in [5.74, 6) is -3.18. The van der Waals surface area contributed by atoms with Gasteiger partial charge < -0.3 is 19.8 Å². The van der Waals surface area contributed by atoms with Crippen molar-refractivity contribution in [1.29, 1.82) is 0 Å². The van der Waals surface area contributed by atoms with Gasteiger partial charge in [-0.3, -0.25) is 14.4 Å². The third-order valence-corrected chi connectivity index (χ3v) is 1.55. The minimum Gasteiger partial charge on any atom is -0.480 e. The van der Waals surface area contributed by atoms with Crippen LogP contribution in [0.2, 0.25) is 0 Å². The van der Waals surface area contributed by atoms with E-state index >= 15 is 0 Å². The number of nitrogens with zero attached hydrogens (tertiary/aromatic N) is 1. The van der Waals surface area contributed by atoms with Crippen molar-refractivity contribution in [2.75, 3.05) is 19.7 Å². The van der Waals surface area contributed by atoms with E-state index < -0.39 is 30.9 Å². The topological polar surface area (TPSA) is 104 Å². The monoisotopic (exact) mass is 233 g/mol. The first kappa shape index (κ1) is 14.4. The first-order valence-electron chi connectivity index (χ1n) is 4.66. The van der Waals surface area contributed by atoms with Crippen molar-refractivity contribution in [2.45, 2.75) is 20.0 Å². The molecule has 0 spiro atoms. The van der Waals surface area contributed by atoms with Crippen molar-refractivity contribution in [3.63, 3.8) is 0 Å². The lowest BCUT2D eigenvalue weighted by molar-refractivity contribution is -0.151. The third-order valence-electron chi connectivity index (χ3n) is 1.55. The molecule has 0 rings (SSSR count). The molecule has 0 heterocycles. The predicted octanol–water partition coefficient (Wildman–Crippen LogP) is -0.591. The van der Waals surface area contributed by atoms with Gasteiger partial charge in [0.05, 0.1) is 6.10 Å². The van der Waals surface area contributed by atoms with Gasteiger partial charge in [0, 0.05) is 0 Å². The molecule has 16 heavy (non-hydrogen) atoms. The van der Waals surface area contributed by atoms with E-state index in [1.807, 2.05) is 0 Å². The van der Waals surface area contributed by atoms with E-state index in [1.54, 1.807) is 13.8 Å². The molecule has 92 valence electrons. The smallest absolute Gasteiger partial charge is 0.323 e. The van der Waals surface area contributed by atoms with Gasteiger partial charge in [-0.2, -0.15) is 0 Å². The van der Waals surface area contributed by atoms with Gasteiger partial charge >= 0.3 is 11.9 Å². The van der Waals surface area contributed by atoms with Crippen LogP contribution in [-0.4, -0.2) is 58.8 Å². The molecule has 0 fully saturated rings. The Bertz CT molecular complexity index is 259. The number of ether oxygens (including phenoxy) is 1. The first-order chi connectivity index (χ1) is 7.32. The average molecular weight is 233 g/mol. The predicted molar refractivity (Wildman–Crippen MR) is 52.9 cm³/mol. The number of carboxylic acid groups (broad SMARTS) is 2. The van der Waals surface area contributed by atoms with Crippen LogP contribution in [0.25, 0.3) is 0 Å². The summed E-state index contributed by atoms with van der Waals surface area (Å²) in [6.07, 6.45) is -0.180. The fourth-order valence-corrected chi connectivity index (χ4v) is 0.888. The molecular weight excluding hydrogens is 218 g/mol. The molecule has 1 amide bonds. The summed E-state index contributed by atoms with van der Waals surface area (Å²) in [6.45, 7) is 1.81. The van der Waals surface area contributed by atoms with E-state index in [0.717, 1.165) is 0 Å². The van der Waals surface area contributed by atoms with Crippen molar-refractivity contribution in [3.05, 3.63) is 0 Å². The largest absolute Gasteiger partial charge is 0.480 e. The average Bonchev–Trinajstić information content (AvgIpc) is 2.11. The number of carbonyl (C=O) groups excluding carboxylic acids is 1. The maximum Gasteiger partial charge on any atom is 0.323 e. The fourth-order valence-electron chi connectivity index (χ4n) is 0.888. The van der Waals surface area contributed by atoms with Gasteiger partial charge in [-0.25, -0.2) is 0 Å². The van der Waals surface area contributed by atoms with E-state index in [-0.39, 0.29) is 12.7 Å². The van der Waals surface area contributed by atoms with Gasteiger partial charge in [0.1, 0.15) is 19.7 Å². The zero-order chi connectivity index (χ0) is 12.7. The van der Waals surface area contributed by atoms with Gasteiger partial charge in [-0.15, -0.1) is 0 Å². The second-order valence-electron chi connectivity index (χ2n) is 3.40. The minimum atomic E-state index is -1.26. The summed E-state index contributed by atoms with van der Waals surface area (Å²) in [5, 5.41) is 17.0. The number of hydrogen-bond acceptors (Lipinski definition) is 4. The molecule has 7 heteroatoms. The van der Waals surface area contributed by atoms with Crippen LogP contribution in [0.3, 0.4) is 0 Å². The van der Waals surface area contributed by atoms with Crippen LogP contribution >= 0.6 is 0 Å². The Hall–Kier alpha value is -1.63. The molecule has 0 aromatic heterocycles. The maximum absolute atomic E-state index is 11.4. The number of carboxylic acids is 2. The van der Waals surface area contributed by atoms with Crippen LogP contribution < -0.4 is 0 Å². The Morgan fingerprint density at radius 1 is 1.12 bits per heavy atom. The summed E-state index contributed by atoms with van der Waals surface area (Å²) in [5.41, 5.74) is 0. The molecule has 7 nitrogen and oxygen atoms in total. The van der Waals surface area contributed by atoms with Crippen molar-refractivity contribution in [2.24, 2.45) is 0 Å². The lowest BCUT2D eigenvalue weighted by Gasteiger charge is -2.19. The van der Waals surface area contributed by atoms with E-state index in [0.29, 0.717) is 4.90 Å². The van der Waals surface area contributed by atoms with Crippen molar-refractivity contribution < 1.29 is 29.3 Å². The molecule has 0 saturated heterocycles. The van der Waals surface area contributed by atoms with Crippen molar-refractivity contribution in [1.82, 2.24) is 4.90 Å². The van der Waals surface area contributed by atoms with Crippen LogP contribution in [0.15, 0.2) is 0 Å². The van der Waals surface area contributed by atoms with Gasteiger partial charge in [-0.1, -0.05) is 0 Å². The Labute approximate surface area is 92.6 Å². The molecule has 0 radical (unpaired) electrons.